The van der Waals surface area contributed by atoms with E-state index in [0.29, 0.717) is 30.2 Å². The third-order valence-electron chi connectivity index (χ3n) is 9.24. The standard InChI is InChI=1S/C38H38N2O5/c1-22-20-29-27(13-15-31(41)40(29)21-23-8-10-25(11-9-23)24-6-5-7-24)34(32(22)36(37(42)43)45-38(2,3)4)28-12-14-30-33-26(17-19-44-30)16-18-39-35(28)33/h8-16,18,20,24,36H,5-7,17,19,21H2,1-4H3,(H,42,43). The molecular weight excluding hydrogens is 564 g/mol. The number of aryl methyl sites for hydroxylation is 1. The van der Waals surface area contributed by atoms with Crippen LogP contribution in [0.25, 0.3) is 32.9 Å². The molecule has 0 bridgehead atoms. The lowest BCUT2D eigenvalue weighted by molar-refractivity contribution is -0.160. The number of fused-ring (bicyclic) bond motifs is 1. The number of hydrogen-bond acceptors (Lipinski definition) is 5. The summed E-state index contributed by atoms with van der Waals surface area (Å²) in [5.41, 5.74) is 6.94. The van der Waals surface area contributed by atoms with Crippen molar-refractivity contribution in [2.45, 2.75) is 77.5 Å². The zero-order chi connectivity index (χ0) is 31.5. The molecule has 7 nitrogen and oxygen atoms in total. The number of rotatable bonds is 7. The van der Waals surface area contributed by atoms with Crippen molar-refractivity contribution in [3.8, 4) is 16.9 Å². The number of nitrogens with zero attached hydrogens (tertiary/aromatic N) is 2. The molecule has 1 aliphatic carbocycles. The van der Waals surface area contributed by atoms with Gasteiger partial charge in [-0.15, -0.1) is 0 Å². The summed E-state index contributed by atoms with van der Waals surface area (Å²) in [6, 6.07) is 19.9. The van der Waals surface area contributed by atoms with Crippen LogP contribution in [0.3, 0.4) is 0 Å². The van der Waals surface area contributed by atoms with Crippen LogP contribution in [0.15, 0.2) is 71.7 Å². The van der Waals surface area contributed by atoms with E-state index >= 15 is 0 Å². The number of hydrogen-bond donors (Lipinski definition) is 1. The minimum Gasteiger partial charge on any atom is -0.493 e. The fourth-order valence-corrected chi connectivity index (χ4v) is 6.89. The molecule has 45 heavy (non-hydrogen) atoms. The Bertz CT molecular complexity index is 2010. The molecule has 7 rings (SSSR count). The van der Waals surface area contributed by atoms with E-state index in [9.17, 15) is 14.7 Å². The third-order valence-corrected chi connectivity index (χ3v) is 9.24. The number of aliphatic carboxylic acids is 1. The number of ether oxygens (including phenoxy) is 2. The first-order chi connectivity index (χ1) is 21.6. The molecule has 0 saturated heterocycles. The van der Waals surface area contributed by atoms with Crippen LogP contribution in [0, 0.1) is 6.92 Å². The Labute approximate surface area is 262 Å². The van der Waals surface area contributed by atoms with Crippen molar-refractivity contribution in [3.63, 3.8) is 0 Å². The van der Waals surface area contributed by atoms with E-state index in [2.05, 4.69) is 24.3 Å². The monoisotopic (exact) mass is 602 g/mol. The molecule has 1 saturated carbocycles. The second kappa shape index (κ2) is 11.1. The van der Waals surface area contributed by atoms with Crippen LogP contribution in [0.1, 0.15) is 79.9 Å². The number of pyridine rings is 2. The molecule has 1 fully saturated rings. The number of aromatic nitrogens is 2. The number of carbonyl (C=O) groups is 1. The molecule has 230 valence electrons. The molecule has 0 spiro atoms. The molecule has 1 atom stereocenters. The van der Waals surface area contributed by atoms with E-state index in [1.54, 1.807) is 16.8 Å². The zero-order valence-electron chi connectivity index (χ0n) is 26.2. The first-order valence-corrected chi connectivity index (χ1v) is 15.8. The third kappa shape index (κ3) is 5.29. The molecule has 2 aromatic heterocycles. The maximum absolute atomic E-state index is 13.5. The van der Waals surface area contributed by atoms with Gasteiger partial charge in [0.1, 0.15) is 5.75 Å². The van der Waals surface area contributed by atoms with Crippen LogP contribution in [-0.4, -0.2) is 32.8 Å². The molecule has 2 aliphatic rings. The van der Waals surface area contributed by atoms with Gasteiger partial charge in [0.15, 0.2) is 6.10 Å². The first-order valence-electron chi connectivity index (χ1n) is 15.8. The minimum atomic E-state index is -1.24. The van der Waals surface area contributed by atoms with Crippen LogP contribution in [0.4, 0.5) is 0 Å². The van der Waals surface area contributed by atoms with Gasteiger partial charge in [-0.1, -0.05) is 30.7 Å². The van der Waals surface area contributed by atoms with Crippen molar-refractivity contribution < 1.29 is 19.4 Å². The highest BCUT2D eigenvalue weighted by Crippen LogP contribution is 2.45. The maximum atomic E-state index is 13.5. The van der Waals surface area contributed by atoms with Crippen LogP contribution in [0.5, 0.6) is 5.75 Å². The first kappa shape index (κ1) is 29.2. The zero-order valence-corrected chi connectivity index (χ0v) is 26.2. The van der Waals surface area contributed by atoms with Gasteiger partial charge in [-0.05, 0) is 105 Å². The fraction of sp³-hybridized carbons (Fsp3) is 0.342. The smallest absolute Gasteiger partial charge is 0.337 e. The summed E-state index contributed by atoms with van der Waals surface area (Å²) in [4.78, 5) is 31.3. The van der Waals surface area contributed by atoms with Crippen LogP contribution >= 0.6 is 0 Å². The quantitative estimate of drug-likeness (QED) is 0.205. The van der Waals surface area contributed by atoms with Gasteiger partial charge in [0, 0.05) is 40.6 Å². The van der Waals surface area contributed by atoms with Crippen molar-refractivity contribution >= 4 is 27.8 Å². The Morgan fingerprint density at radius 1 is 1.09 bits per heavy atom. The lowest BCUT2D eigenvalue weighted by Gasteiger charge is -2.29. The van der Waals surface area contributed by atoms with Gasteiger partial charge in [-0.3, -0.25) is 9.78 Å². The summed E-state index contributed by atoms with van der Waals surface area (Å²) < 4.78 is 14.0. The highest BCUT2D eigenvalue weighted by Gasteiger charge is 2.33. The fourth-order valence-electron chi connectivity index (χ4n) is 6.89. The average Bonchev–Trinajstić information content (AvgIpc) is 2.97. The SMILES string of the molecule is Cc1cc2c(ccc(=O)n2Cc2ccc(C3CCC3)cc2)c(-c2ccc3c4c(ccnc24)CCO3)c1C(OC(C)(C)C)C(=O)O. The Morgan fingerprint density at radius 2 is 1.87 bits per heavy atom. The second-order valence-corrected chi connectivity index (χ2v) is 13.4. The molecule has 1 N–H and O–H groups in total. The Hall–Kier alpha value is -4.49. The normalized spacial score (nSPS) is 15.6. The van der Waals surface area contributed by atoms with Crippen LogP contribution in [-0.2, 0) is 22.5 Å². The molecule has 3 heterocycles. The van der Waals surface area contributed by atoms with Gasteiger partial charge < -0.3 is 19.1 Å². The summed E-state index contributed by atoms with van der Waals surface area (Å²) in [5.74, 6) is 0.332. The predicted octanol–water partition coefficient (Wildman–Crippen LogP) is 7.72. The molecule has 0 radical (unpaired) electrons. The van der Waals surface area contributed by atoms with Gasteiger partial charge in [0.2, 0.25) is 0 Å². The summed E-state index contributed by atoms with van der Waals surface area (Å²) in [6.07, 6.45) is 5.08. The van der Waals surface area contributed by atoms with Gasteiger partial charge in [-0.2, -0.15) is 0 Å². The summed E-state index contributed by atoms with van der Waals surface area (Å²) in [7, 11) is 0. The van der Waals surface area contributed by atoms with Crippen molar-refractivity contribution in [2.24, 2.45) is 0 Å². The van der Waals surface area contributed by atoms with Gasteiger partial charge >= 0.3 is 5.97 Å². The van der Waals surface area contributed by atoms with Gasteiger partial charge in [0.05, 0.1) is 29.8 Å². The second-order valence-electron chi connectivity index (χ2n) is 13.4. The Morgan fingerprint density at radius 3 is 2.56 bits per heavy atom. The Kier molecular flexibility index (Phi) is 7.24. The van der Waals surface area contributed by atoms with Crippen LogP contribution < -0.4 is 10.3 Å². The molecule has 7 heteroatoms. The highest BCUT2D eigenvalue weighted by atomic mass is 16.5. The van der Waals surface area contributed by atoms with Crippen molar-refractivity contribution in [1.29, 1.82) is 0 Å². The van der Waals surface area contributed by atoms with Crippen molar-refractivity contribution in [1.82, 2.24) is 9.55 Å². The predicted molar refractivity (Wildman–Crippen MR) is 176 cm³/mol. The number of benzene rings is 3. The van der Waals surface area contributed by atoms with E-state index in [4.69, 9.17) is 14.5 Å². The minimum absolute atomic E-state index is 0.118. The molecular formula is C38H38N2O5. The number of carboxylic acid groups (broad SMARTS) is 1. The summed E-state index contributed by atoms with van der Waals surface area (Å²) >= 11 is 0. The van der Waals surface area contributed by atoms with Crippen molar-refractivity contribution in [3.05, 3.63) is 105 Å². The lowest BCUT2D eigenvalue weighted by atomic mass is 9.80. The number of carboxylic acids is 1. The molecule has 3 aromatic carbocycles. The Balaban J connectivity index is 1.49. The highest BCUT2D eigenvalue weighted by molar-refractivity contribution is 6.08. The lowest BCUT2D eigenvalue weighted by Crippen LogP contribution is -2.28. The summed E-state index contributed by atoms with van der Waals surface area (Å²) in [5, 5.41) is 12.3. The van der Waals surface area contributed by atoms with Gasteiger partial charge in [-0.25, -0.2) is 4.79 Å². The molecule has 1 aliphatic heterocycles. The van der Waals surface area contributed by atoms with E-state index in [1.807, 2.05) is 58.0 Å². The molecule has 5 aromatic rings. The largest absolute Gasteiger partial charge is 0.493 e. The van der Waals surface area contributed by atoms with E-state index in [0.717, 1.165) is 56.2 Å². The van der Waals surface area contributed by atoms with Gasteiger partial charge in [0.25, 0.3) is 5.56 Å². The van der Waals surface area contributed by atoms with Crippen molar-refractivity contribution in [2.75, 3.05) is 6.61 Å². The topological polar surface area (TPSA) is 90.7 Å². The molecule has 1 unspecified atom stereocenters. The van der Waals surface area contributed by atoms with E-state index in [-0.39, 0.29) is 5.56 Å². The summed E-state index contributed by atoms with van der Waals surface area (Å²) in [6.45, 7) is 8.46. The van der Waals surface area contributed by atoms with Crippen LogP contribution in [0.2, 0.25) is 0 Å². The average molecular weight is 603 g/mol. The maximum Gasteiger partial charge on any atom is 0.337 e. The van der Waals surface area contributed by atoms with E-state index in [1.165, 1.54) is 24.8 Å². The van der Waals surface area contributed by atoms with E-state index < -0.39 is 17.7 Å². The molecule has 0 amide bonds.